The van der Waals surface area contributed by atoms with Crippen LogP contribution in [0.4, 0.5) is 21.8 Å². The molecule has 2 aromatic carbocycles. The monoisotopic (exact) mass is 577 g/mol. The number of rotatable bonds is 6. The van der Waals surface area contributed by atoms with Crippen molar-refractivity contribution in [3.8, 4) is 5.75 Å². The number of anilines is 3. The number of fused-ring (bicyclic) bond motifs is 1. The summed E-state index contributed by atoms with van der Waals surface area (Å²) < 4.78 is 24.4. The number of carbonyl (C=O) groups is 1. The Morgan fingerprint density at radius 1 is 1.08 bits per heavy atom. The molecule has 210 valence electrons. The van der Waals surface area contributed by atoms with Gasteiger partial charge in [0.2, 0.25) is 5.95 Å². The Morgan fingerprint density at radius 2 is 1.79 bits per heavy atom. The van der Waals surface area contributed by atoms with E-state index in [1.807, 2.05) is 30.9 Å². The van der Waals surface area contributed by atoms with E-state index < -0.39 is 0 Å². The van der Waals surface area contributed by atoms with Gasteiger partial charge in [-0.05, 0) is 74.7 Å². The molecule has 0 saturated carbocycles. The molecule has 3 aromatic rings. The normalized spacial score (nSPS) is 16.9. The summed E-state index contributed by atoms with van der Waals surface area (Å²) in [6, 6.07) is 12.1. The lowest BCUT2D eigenvalue weighted by Crippen LogP contribution is -2.40. The number of halogens is 3. The van der Waals surface area contributed by atoms with Crippen molar-refractivity contribution in [3.63, 3.8) is 0 Å². The highest BCUT2D eigenvalue weighted by Gasteiger charge is 2.28. The minimum absolute atomic E-state index is 0. The van der Waals surface area contributed by atoms with Crippen LogP contribution in [0.2, 0.25) is 0 Å². The molecule has 2 aliphatic rings. The molecule has 0 spiro atoms. The summed E-state index contributed by atoms with van der Waals surface area (Å²) >= 11 is 0. The van der Waals surface area contributed by atoms with E-state index in [9.17, 15) is 9.18 Å². The minimum Gasteiger partial charge on any atom is -0.426 e. The quantitative estimate of drug-likeness (QED) is 0.317. The zero-order chi connectivity index (χ0) is 25.9. The van der Waals surface area contributed by atoms with Gasteiger partial charge >= 0.3 is 5.97 Å². The van der Waals surface area contributed by atoms with Gasteiger partial charge in [-0.1, -0.05) is 6.07 Å². The Hall–Kier alpha value is -2.98. The Kier molecular flexibility index (Phi) is 10.5. The molecule has 8 nitrogen and oxygen atoms in total. The Balaban J connectivity index is 0.00000210. The molecule has 0 amide bonds. The molecule has 0 radical (unpaired) electrons. The maximum absolute atomic E-state index is 13.3. The number of nitrogens with one attached hydrogen (secondary N) is 1. The molecule has 39 heavy (non-hydrogen) atoms. The summed E-state index contributed by atoms with van der Waals surface area (Å²) in [5.41, 5.74) is 4.96. The molecule has 2 aliphatic heterocycles. The number of hydrogen-bond donors (Lipinski definition) is 1. The van der Waals surface area contributed by atoms with Crippen molar-refractivity contribution in [2.45, 2.75) is 33.2 Å². The number of aryl methyl sites for hydroxylation is 1. The number of nitrogens with zero attached hydrogens (tertiary/aromatic N) is 4. The molecule has 1 atom stereocenters. The van der Waals surface area contributed by atoms with E-state index in [1.165, 1.54) is 17.7 Å². The summed E-state index contributed by atoms with van der Waals surface area (Å²) in [5.74, 6) is 1.32. The third-order valence-electron chi connectivity index (χ3n) is 7.08. The van der Waals surface area contributed by atoms with Crippen LogP contribution in [0.25, 0.3) is 0 Å². The van der Waals surface area contributed by atoms with Crippen LogP contribution in [0.1, 0.15) is 35.3 Å². The molecule has 1 fully saturated rings. The highest BCUT2D eigenvalue weighted by Crippen LogP contribution is 2.37. The number of hydrogen-bond acceptors (Lipinski definition) is 8. The number of ether oxygens (including phenoxy) is 2. The van der Waals surface area contributed by atoms with Gasteiger partial charge in [0.25, 0.3) is 0 Å². The van der Waals surface area contributed by atoms with Crippen molar-refractivity contribution in [2.75, 3.05) is 49.6 Å². The first-order valence-electron chi connectivity index (χ1n) is 12.7. The summed E-state index contributed by atoms with van der Waals surface area (Å²) in [4.78, 5) is 26.3. The summed E-state index contributed by atoms with van der Waals surface area (Å²) in [6.07, 6.45) is 0.852. The van der Waals surface area contributed by atoms with Gasteiger partial charge in [0, 0.05) is 36.6 Å². The van der Waals surface area contributed by atoms with E-state index in [1.54, 1.807) is 12.1 Å². The van der Waals surface area contributed by atoms with Crippen LogP contribution in [0, 0.1) is 19.7 Å². The fourth-order valence-electron chi connectivity index (χ4n) is 4.86. The van der Waals surface area contributed by atoms with Crippen LogP contribution in [0.15, 0.2) is 42.5 Å². The number of aromatic nitrogens is 2. The molecule has 1 unspecified atom stereocenters. The Bertz CT molecular complexity index is 1290. The molecule has 3 heterocycles. The molecule has 0 aliphatic carbocycles. The average molecular weight is 579 g/mol. The Morgan fingerprint density at radius 3 is 2.51 bits per heavy atom. The van der Waals surface area contributed by atoms with Crippen molar-refractivity contribution in [1.82, 2.24) is 14.9 Å². The number of esters is 1. The third-order valence-corrected chi connectivity index (χ3v) is 7.08. The molecular weight excluding hydrogens is 544 g/mol. The van der Waals surface area contributed by atoms with Crippen LogP contribution in [-0.2, 0) is 16.0 Å². The maximum atomic E-state index is 13.3. The van der Waals surface area contributed by atoms with E-state index in [4.69, 9.17) is 14.5 Å². The lowest BCUT2D eigenvalue weighted by atomic mass is 9.93. The van der Waals surface area contributed by atoms with Gasteiger partial charge in [0.15, 0.2) is 0 Å². The summed E-state index contributed by atoms with van der Waals surface area (Å²) in [5, 5.41) is 3.19. The van der Waals surface area contributed by atoms with Crippen LogP contribution in [0.3, 0.4) is 0 Å². The predicted molar refractivity (Wildman–Crippen MR) is 154 cm³/mol. The topological polar surface area (TPSA) is 79.8 Å². The highest BCUT2D eigenvalue weighted by molar-refractivity contribution is 5.85. The lowest BCUT2D eigenvalue weighted by Gasteiger charge is -2.37. The lowest BCUT2D eigenvalue weighted by molar-refractivity contribution is -0.136. The molecule has 5 rings (SSSR count). The van der Waals surface area contributed by atoms with Crippen LogP contribution in [-0.4, -0.2) is 60.2 Å². The van der Waals surface area contributed by atoms with E-state index in [0.717, 1.165) is 54.4 Å². The van der Waals surface area contributed by atoms with Gasteiger partial charge < -0.3 is 19.7 Å². The molecule has 1 N–H and O–H groups in total. The largest absolute Gasteiger partial charge is 0.426 e. The second-order valence-electron chi connectivity index (χ2n) is 9.56. The summed E-state index contributed by atoms with van der Waals surface area (Å²) in [6.45, 7) is 9.95. The maximum Gasteiger partial charge on any atom is 0.325 e. The fourth-order valence-corrected chi connectivity index (χ4v) is 4.86. The molecule has 11 heteroatoms. The van der Waals surface area contributed by atoms with Crippen molar-refractivity contribution in [2.24, 2.45) is 0 Å². The van der Waals surface area contributed by atoms with Crippen molar-refractivity contribution in [3.05, 3.63) is 70.7 Å². The van der Waals surface area contributed by atoms with Crippen molar-refractivity contribution < 1.29 is 18.7 Å². The van der Waals surface area contributed by atoms with E-state index >= 15 is 0 Å². The zero-order valence-corrected chi connectivity index (χ0v) is 23.9. The van der Waals surface area contributed by atoms with E-state index in [-0.39, 0.29) is 49.2 Å². The van der Waals surface area contributed by atoms with Crippen LogP contribution in [0.5, 0.6) is 5.75 Å². The predicted octanol–water partition coefficient (Wildman–Crippen LogP) is 5.18. The van der Waals surface area contributed by atoms with Gasteiger partial charge in [0.1, 0.15) is 17.4 Å². The SMILES string of the molecule is Cc1nc(Nc2ccc(F)cc2)nc(N2CCc3ccc(OC(=O)CN4CCOCC4)cc3C2C)c1C.Cl.Cl. The van der Waals surface area contributed by atoms with E-state index in [0.29, 0.717) is 24.9 Å². The number of morpholine rings is 1. The standard InChI is InChI=1S/C28H32FN5O3.2ClH/c1-18-19(2)30-28(31-23-7-5-22(29)6-8-23)32-27(18)34-11-10-21-4-9-24(16-25(21)20(34)3)37-26(35)17-33-12-14-36-15-13-33;;/h4-9,16,20H,10-15,17H2,1-3H3,(H,30,31,32);2*1H. The summed E-state index contributed by atoms with van der Waals surface area (Å²) in [7, 11) is 0. The number of carbonyl (C=O) groups excluding carboxylic acids is 1. The van der Waals surface area contributed by atoms with Gasteiger partial charge in [-0.25, -0.2) is 9.37 Å². The van der Waals surface area contributed by atoms with Crippen LogP contribution >= 0.6 is 24.8 Å². The van der Waals surface area contributed by atoms with Crippen molar-refractivity contribution in [1.29, 1.82) is 0 Å². The van der Waals surface area contributed by atoms with Crippen molar-refractivity contribution >= 4 is 48.2 Å². The van der Waals surface area contributed by atoms with E-state index in [2.05, 4.69) is 28.2 Å². The first kappa shape index (κ1) is 30.6. The molecule has 1 aromatic heterocycles. The molecule has 0 bridgehead atoms. The van der Waals surface area contributed by atoms with Gasteiger partial charge in [0.05, 0.1) is 25.8 Å². The third kappa shape index (κ3) is 7.16. The van der Waals surface area contributed by atoms with Gasteiger partial charge in [-0.2, -0.15) is 4.98 Å². The number of benzene rings is 2. The second-order valence-corrected chi connectivity index (χ2v) is 9.56. The smallest absolute Gasteiger partial charge is 0.325 e. The highest BCUT2D eigenvalue weighted by atomic mass is 35.5. The first-order chi connectivity index (χ1) is 17.9. The second kappa shape index (κ2) is 13.4. The average Bonchev–Trinajstić information content (AvgIpc) is 2.89. The van der Waals surface area contributed by atoms with Gasteiger partial charge in [-0.15, -0.1) is 24.8 Å². The van der Waals surface area contributed by atoms with Gasteiger partial charge in [-0.3, -0.25) is 9.69 Å². The molecular formula is C28H34Cl2FN5O3. The fraction of sp³-hybridized carbons (Fsp3) is 0.393. The zero-order valence-electron chi connectivity index (χ0n) is 22.3. The Labute approximate surface area is 240 Å². The van der Waals surface area contributed by atoms with Crippen LogP contribution < -0.4 is 15.0 Å². The minimum atomic E-state index is -0.292. The first-order valence-corrected chi connectivity index (χ1v) is 12.7. The molecule has 1 saturated heterocycles.